The van der Waals surface area contributed by atoms with Crippen molar-refractivity contribution in [2.24, 2.45) is 23.7 Å². The standard InChI is InChI=1S/C17H17BrN2O/c18-11-3-1-2-8(7-11)14-16(21-20-17(14)19)15-12-9-4-5-10(6-9)13(12)15/h1-3,7,9-10,12-13,15H,4-6H2,(H2,19,20). The predicted octanol–water partition coefficient (Wildman–Crippen LogP) is 4.45. The minimum Gasteiger partial charge on any atom is -0.380 e. The molecule has 5 rings (SSSR count). The zero-order valence-corrected chi connectivity index (χ0v) is 13.2. The van der Waals surface area contributed by atoms with Crippen molar-refractivity contribution < 1.29 is 4.52 Å². The first-order chi connectivity index (χ1) is 10.2. The molecule has 3 fully saturated rings. The summed E-state index contributed by atoms with van der Waals surface area (Å²) in [5.74, 6) is 5.65. The fourth-order valence-corrected chi connectivity index (χ4v) is 5.55. The van der Waals surface area contributed by atoms with Crippen LogP contribution in [0.25, 0.3) is 11.1 Å². The molecule has 4 unspecified atom stereocenters. The molecule has 4 atom stereocenters. The minimum absolute atomic E-state index is 0.528. The van der Waals surface area contributed by atoms with Crippen LogP contribution in [0.2, 0.25) is 0 Å². The predicted molar refractivity (Wildman–Crippen MR) is 84.6 cm³/mol. The van der Waals surface area contributed by atoms with Crippen LogP contribution in [0.4, 0.5) is 5.82 Å². The molecule has 2 N–H and O–H groups in total. The average molecular weight is 345 g/mol. The molecule has 0 aliphatic heterocycles. The average Bonchev–Trinajstić information content (AvgIpc) is 2.80. The number of nitrogen functional groups attached to an aromatic ring is 1. The number of anilines is 1. The molecule has 21 heavy (non-hydrogen) atoms. The van der Waals surface area contributed by atoms with Crippen molar-refractivity contribution in [2.45, 2.75) is 25.2 Å². The van der Waals surface area contributed by atoms with Crippen LogP contribution in [0.1, 0.15) is 30.9 Å². The highest BCUT2D eigenvalue weighted by atomic mass is 79.9. The Balaban J connectivity index is 1.58. The van der Waals surface area contributed by atoms with Crippen molar-refractivity contribution in [1.82, 2.24) is 5.16 Å². The van der Waals surface area contributed by atoms with E-state index in [1.165, 1.54) is 19.3 Å². The van der Waals surface area contributed by atoms with Gasteiger partial charge in [0.15, 0.2) is 5.82 Å². The molecule has 3 nitrogen and oxygen atoms in total. The van der Waals surface area contributed by atoms with Crippen LogP contribution >= 0.6 is 15.9 Å². The summed E-state index contributed by atoms with van der Waals surface area (Å²) in [4.78, 5) is 0. The van der Waals surface area contributed by atoms with E-state index >= 15 is 0 Å². The molecule has 108 valence electrons. The summed E-state index contributed by atoms with van der Waals surface area (Å²) < 4.78 is 6.74. The van der Waals surface area contributed by atoms with Crippen LogP contribution in [0.15, 0.2) is 33.3 Å². The lowest BCUT2D eigenvalue weighted by molar-refractivity contribution is 0.365. The molecule has 2 bridgehead atoms. The first kappa shape index (κ1) is 12.3. The van der Waals surface area contributed by atoms with Crippen molar-refractivity contribution in [3.8, 4) is 11.1 Å². The van der Waals surface area contributed by atoms with E-state index < -0.39 is 0 Å². The second kappa shape index (κ2) is 4.13. The lowest BCUT2D eigenvalue weighted by Gasteiger charge is -2.08. The van der Waals surface area contributed by atoms with Gasteiger partial charge in [-0.15, -0.1) is 0 Å². The number of hydrogen-bond donors (Lipinski definition) is 1. The third-order valence-corrected chi connectivity index (χ3v) is 6.39. The topological polar surface area (TPSA) is 52.0 Å². The Morgan fingerprint density at radius 2 is 1.95 bits per heavy atom. The quantitative estimate of drug-likeness (QED) is 0.875. The maximum atomic E-state index is 6.10. The Bertz CT molecular complexity index is 709. The number of fused-ring (bicyclic) bond motifs is 5. The molecule has 4 heteroatoms. The molecule has 0 radical (unpaired) electrons. The number of aromatic nitrogens is 1. The number of nitrogens with zero attached hydrogens (tertiary/aromatic N) is 1. The molecule has 2 aromatic rings. The van der Waals surface area contributed by atoms with Gasteiger partial charge in [-0.3, -0.25) is 0 Å². The highest BCUT2D eigenvalue weighted by Crippen LogP contribution is 2.73. The van der Waals surface area contributed by atoms with Gasteiger partial charge in [-0.1, -0.05) is 33.2 Å². The third-order valence-electron chi connectivity index (χ3n) is 5.90. The summed E-state index contributed by atoms with van der Waals surface area (Å²) in [6, 6.07) is 8.25. The molecule has 3 saturated carbocycles. The van der Waals surface area contributed by atoms with Crippen LogP contribution in [0, 0.1) is 23.7 Å². The van der Waals surface area contributed by atoms with Crippen molar-refractivity contribution in [2.75, 3.05) is 5.73 Å². The molecule has 0 spiro atoms. The first-order valence-electron chi connectivity index (χ1n) is 7.75. The molecule has 0 saturated heterocycles. The zero-order valence-electron chi connectivity index (χ0n) is 11.6. The number of halogens is 1. The fourth-order valence-electron chi connectivity index (χ4n) is 5.15. The Kier molecular flexibility index (Phi) is 2.41. The van der Waals surface area contributed by atoms with Gasteiger partial charge in [0.1, 0.15) is 5.76 Å². The molecule has 3 aliphatic carbocycles. The van der Waals surface area contributed by atoms with Gasteiger partial charge in [-0.25, -0.2) is 0 Å². The monoisotopic (exact) mass is 344 g/mol. The lowest BCUT2D eigenvalue weighted by Crippen LogP contribution is -1.98. The number of nitrogens with two attached hydrogens (primary N) is 1. The van der Waals surface area contributed by atoms with Crippen LogP contribution < -0.4 is 5.73 Å². The largest absolute Gasteiger partial charge is 0.380 e. The maximum Gasteiger partial charge on any atom is 0.175 e. The van der Waals surface area contributed by atoms with Gasteiger partial charge in [0.25, 0.3) is 0 Å². The lowest BCUT2D eigenvalue weighted by atomic mass is 9.96. The van der Waals surface area contributed by atoms with Gasteiger partial charge in [0.2, 0.25) is 0 Å². The van der Waals surface area contributed by atoms with Crippen molar-refractivity contribution in [3.05, 3.63) is 34.5 Å². The van der Waals surface area contributed by atoms with Crippen LogP contribution in [0.5, 0.6) is 0 Å². The number of rotatable bonds is 2. The second-order valence-corrected chi connectivity index (χ2v) is 7.75. The summed E-state index contributed by atoms with van der Waals surface area (Å²) in [5, 5.41) is 4.07. The molecule has 0 amide bonds. The smallest absolute Gasteiger partial charge is 0.175 e. The van der Waals surface area contributed by atoms with E-state index in [4.69, 9.17) is 10.3 Å². The summed E-state index contributed by atoms with van der Waals surface area (Å²) >= 11 is 3.54. The van der Waals surface area contributed by atoms with Gasteiger partial charge in [-0.2, -0.15) is 0 Å². The Hall–Kier alpha value is -1.29. The first-order valence-corrected chi connectivity index (χ1v) is 8.54. The van der Waals surface area contributed by atoms with E-state index in [1.54, 1.807) is 0 Å². The minimum atomic E-state index is 0.528. The molecular weight excluding hydrogens is 328 g/mol. The normalized spacial score (nSPS) is 36.0. The van der Waals surface area contributed by atoms with Crippen LogP contribution in [0.3, 0.4) is 0 Å². The Labute approximate surface area is 132 Å². The molecule has 1 aromatic heterocycles. The summed E-state index contributed by atoms with van der Waals surface area (Å²) in [5.41, 5.74) is 8.23. The Morgan fingerprint density at radius 1 is 1.19 bits per heavy atom. The SMILES string of the molecule is Nc1noc(C2C3C4CCC(C4)C23)c1-c1cccc(Br)c1. The van der Waals surface area contributed by atoms with Gasteiger partial charge < -0.3 is 10.3 Å². The van der Waals surface area contributed by atoms with Crippen molar-refractivity contribution >= 4 is 21.7 Å². The molecule has 1 aromatic carbocycles. The van der Waals surface area contributed by atoms with Crippen molar-refractivity contribution in [1.29, 1.82) is 0 Å². The van der Waals surface area contributed by atoms with Gasteiger partial charge in [-0.05, 0) is 60.6 Å². The van der Waals surface area contributed by atoms with E-state index in [0.29, 0.717) is 11.7 Å². The third kappa shape index (κ3) is 1.62. The van der Waals surface area contributed by atoms with Crippen LogP contribution in [-0.2, 0) is 0 Å². The van der Waals surface area contributed by atoms with E-state index in [0.717, 1.165) is 45.0 Å². The Morgan fingerprint density at radius 3 is 2.67 bits per heavy atom. The van der Waals surface area contributed by atoms with Crippen LogP contribution in [-0.4, -0.2) is 5.16 Å². The number of benzene rings is 1. The summed E-state index contributed by atoms with van der Waals surface area (Å²) in [7, 11) is 0. The van der Waals surface area contributed by atoms with Gasteiger partial charge in [0, 0.05) is 10.4 Å². The zero-order chi connectivity index (χ0) is 14.1. The van der Waals surface area contributed by atoms with E-state index in [2.05, 4.69) is 33.2 Å². The van der Waals surface area contributed by atoms with Gasteiger partial charge >= 0.3 is 0 Å². The van der Waals surface area contributed by atoms with E-state index in [9.17, 15) is 0 Å². The summed E-state index contributed by atoms with van der Waals surface area (Å²) in [6.45, 7) is 0. The molecular formula is C17H17BrN2O. The highest BCUT2D eigenvalue weighted by Gasteiger charge is 2.67. The number of hydrogen-bond acceptors (Lipinski definition) is 3. The second-order valence-electron chi connectivity index (χ2n) is 6.83. The summed E-state index contributed by atoms with van der Waals surface area (Å²) in [6.07, 6.45) is 4.28. The fraction of sp³-hybridized carbons (Fsp3) is 0.471. The maximum absolute atomic E-state index is 6.10. The van der Waals surface area contributed by atoms with Crippen molar-refractivity contribution in [3.63, 3.8) is 0 Å². The van der Waals surface area contributed by atoms with E-state index in [-0.39, 0.29) is 0 Å². The van der Waals surface area contributed by atoms with Gasteiger partial charge in [0.05, 0.1) is 5.56 Å². The highest BCUT2D eigenvalue weighted by molar-refractivity contribution is 9.10. The molecule has 1 heterocycles. The van der Waals surface area contributed by atoms with E-state index in [1.807, 2.05) is 12.1 Å². The molecule has 3 aliphatic rings.